The van der Waals surface area contributed by atoms with Gasteiger partial charge in [0.15, 0.2) is 0 Å². The van der Waals surface area contributed by atoms with Gasteiger partial charge in [0.1, 0.15) is 11.6 Å². The Morgan fingerprint density at radius 2 is 1.95 bits per heavy atom. The first kappa shape index (κ1) is 15.9. The van der Waals surface area contributed by atoms with Gasteiger partial charge < -0.3 is 4.18 Å². The largest absolute Gasteiger partial charge is 0.375 e. The second-order valence-corrected chi connectivity index (χ2v) is 6.21. The average molecular weight is 325 g/mol. The van der Waals surface area contributed by atoms with Gasteiger partial charge in [0.05, 0.1) is 4.92 Å². The molecule has 0 aliphatic carbocycles. The first-order valence-electron chi connectivity index (χ1n) is 6.18. The molecule has 6 nitrogen and oxygen atoms in total. The Balaban J connectivity index is 2.29. The molecule has 2 rings (SSSR count). The van der Waals surface area contributed by atoms with E-state index in [9.17, 15) is 22.9 Å². The summed E-state index contributed by atoms with van der Waals surface area (Å²) in [6.45, 7) is 1.80. The number of rotatable bonds is 5. The number of hydrogen-bond donors (Lipinski definition) is 0. The molecule has 0 N–H and O–H groups in total. The Morgan fingerprint density at radius 1 is 1.23 bits per heavy atom. The van der Waals surface area contributed by atoms with Crippen molar-refractivity contribution in [2.75, 3.05) is 0 Å². The molecule has 2 aromatic rings. The highest BCUT2D eigenvalue weighted by Gasteiger charge is 2.22. The second kappa shape index (κ2) is 6.10. The summed E-state index contributed by atoms with van der Waals surface area (Å²) in [7, 11) is -4.15. The van der Waals surface area contributed by atoms with Gasteiger partial charge in [0, 0.05) is 12.1 Å². The van der Waals surface area contributed by atoms with Crippen LogP contribution in [0, 0.1) is 22.9 Å². The van der Waals surface area contributed by atoms with Crippen molar-refractivity contribution in [1.82, 2.24) is 0 Å². The molecule has 0 aliphatic rings. The van der Waals surface area contributed by atoms with E-state index < -0.39 is 38.0 Å². The Bertz CT molecular complexity index is 820. The molecule has 0 aliphatic heterocycles. The van der Waals surface area contributed by atoms with Crippen LogP contribution in [0.5, 0.6) is 5.75 Å². The predicted octanol–water partition coefficient (Wildman–Crippen LogP) is 2.95. The van der Waals surface area contributed by atoms with Gasteiger partial charge in [-0.15, -0.1) is 0 Å². The van der Waals surface area contributed by atoms with Crippen molar-refractivity contribution in [2.45, 2.75) is 12.7 Å². The fraction of sp³-hybridized carbons (Fsp3) is 0.143. The first-order valence-corrected chi connectivity index (χ1v) is 7.76. The lowest BCUT2D eigenvalue weighted by Crippen LogP contribution is -2.13. The van der Waals surface area contributed by atoms with Gasteiger partial charge in [-0.25, -0.2) is 4.39 Å². The molecule has 0 radical (unpaired) electrons. The lowest BCUT2D eigenvalue weighted by Gasteiger charge is -2.08. The van der Waals surface area contributed by atoms with Crippen molar-refractivity contribution in [2.24, 2.45) is 0 Å². The van der Waals surface area contributed by atoms with E-state index >= 15 is 0 Å². The van der Waals surface area contributed by atoms with E-state index in [0.29, 0.717) is 11.6 Å². The van der Waals surface area contributed by atoms with Crippen LogP contribution in [-0.2, 0) is 15.9 Å². The molecule has 8 heteroatoms. The molecule has 0 aromatic heterocycles. The highest BCUT2D eigenvalue weighted by Crippen LogP contribution is 2.29. The minimum atomic E-state index is -4.15. The molecule has 0 unspecified atom stereocenters. The van der Waals surface area contributed by atoms with Gasteiger partial charge in [-0.2, -0.15) is 8.42 Å². The molecule has 0 saturated carbocycles. The van der Waals surface area contributed by atoms with Crippen LogP contribution in [0.15, 0.2) is 42.5 Å². The van der Waals surface area contributed by atoms with Crippen molar-refractivity contribution in [1.29, 1.82) is 0 Å². The summed E-state index contributed by atoms with van der Waals surface area (Å²) in [6, 6.07) is 9.12. The summed E-state index contributed by atoms with van der Waals surface area (Å²) in [5.74, 6) is -1.94. The normalized spacial score (nSPS) is 11.2. The van der Waals surface area contributed by atoms with Crippen LogP contribution >= 0.6 is 0 Å². The van der Waals surface area contributed by atoms with E-state index in [1.807, 2.05) is 0 Å². The van der Waals surface area contributed by atoms with Gasteiger partial charge in [0.25, 0.3) is 0 Å². The van der Waals surface area contributed by atoms with Gasteiger partial charge in [-0.1, -0.05) is 29.8 Å². The number of nitro benzene ring substituents is 1. The van der Waals surface area contributed by atoms with Gasteiger partial charge in [-0.3, -0.25) is 10.1 Å². The number of nitro groups is 1. The van der Waals surface area contributed by atoms with Crippen LogP contribution in [0.1, 0.15) is 11.1 Å². The maximum atomic E-state index is 13.2. The zero-order chi connectivity index (χ0) is 16.3. The molecule has 116 valence electrons. The Morgan fingerprint density at radius 3 is 2.59 bits per heavy atom. The zero-order valence-corrected chi connectivity index (χ0v) is 12.3. The third-order valence-electron chi connectivity index (χ3n) is 2.76. The van der Waals surface area contributed by atoms with Crippen molar-refractivity contribution in [3.63, 3.8) is 0 Å². The maximum absolute atomic E-state index is 13.2. The molecule has 22 heavy (non-hydrogen) atoms. The summed E-state index contributed by atoms with van der Waals surface area (Å²) in [6.07, 6.45) is 0. The number of benzene rings is 2. The SMILES string of the molecule is Cc1cccc(CS(=O)(=O)Oc2cc(F)ccc2[N+](=O)[O-])c1. The molecule has 0 amide bonds. The highest BCUT2D eigenvalue weighted by atomic mass is 32.2. The molecule has 0 fully saturated rings. The van der Waals surface area contributed by atoms with E-state index in [1.54, 1.807) is 31.2 Å². The Hall–Kier alpha value is -2.48. The van der Waals surface area contributed by atoms with Crippen LogP contribution in [-0.4, -0.2) is 13.3 Å². The highest BCUT2D eigenvalue weighted by molar-refractivity contribution is 7.86. The fourth-order valence-electron chi connectivity index (χ4n) is 1.88. The molecule has 0 spiro atoms. The van der Waals surface area contributed by atoms with E-state index in [0.717, 1.165) is 17.7 Å². The number of nitrogens with zero attached hydrogens (tertiary/aromatic N) is 1. The topological polar surface area (TPSA) is 86.5 Å². The Kier molecular flexibility index (Phi) is 4.41. The molecule has 0 atom stereocenters. The van der Waals surface area contributed by atoms with E-state index in [-0.39, 0.29) is 0 Å². The molecule has 0 heterocycles. The van der Waals surface area contributed by atoms with E-state index in [4.69, 9.17) is 4.18 Å². The molecule has 2 aromatic carbocycles. The van der Waals surface area contributed by atoms with Crippen molar-refractivity contribution >= 4 is 15.8 Å². The number of hydrogen-bond acceptors (Lipinski definition) is 5. The summed E-state index contributed by atoms with van der Waals surface area (Å²) in [4.78, 5) is 9.99. The third-order valence-corrected chi connectivity index (χ3v) is 3.88. The first-order chi connectivity index (χ1) is 10.3. The van der Waals surface area contributed by atoms with Crippen LogP contribution < -0.4 is 4.18 Å². The van der Waals surface area contributed by atoms with Crippen LogP contribution in [0.2, 0.25) is 0 Å². The Labute approximate surface area is 126 Å². The molecule has 0 saturated heterocycles. The third kappa shape index (κ3) is 4.01. The summed E-state index contributed by atoms with van der Waals surface area (Å²) in [5, 5.41) is 10.8. The van der Waals surface area contributed by atoms with E-state index in [2.05, 4.69) is 0 Å². The summed E-state index contributed by atoms with van der Waals surface area (Å²) < 4.78 is 41.9. The molecular weight excluding hydrogens is 313 g/mol. The van der Waals surface area contributed by atoms with Gasteiger partial charge in [0.2, 0.25) is 5.75 Å². The summed E-state index contributed by atoms with van der Waals surface area (Å²) >= 11 is 0. The van der Waals surface area contributed by atoms with Crippen LogP contribution in [0.25, 0.3) is 0 Å². The minimum Gasteiger partial charge on any atom is -0.375 e. The van der Waals surface area contributed by atoms with Crippen molar-refractivity contribution < 1.29 is 21.9 Å². The van der Waals surface area contributed by atoms with Crippen LogP contribution in [0.4, 0.5) is 10.1 Å². The minimum absolute atomic E-state index is 0.470. The van der Waals surface area contributed by atoms with Crippen molar-refractivity contribution in [3.8, 4) is 5.75 Å². The lowest BCUT2D eigenvalue weighted by molar-refractivity contribution is -0.385. The van der Waals surface area contributed by atoms with E-state index in [1.165, 1.54) is 0 Å². The monoisotopic (exact) mass is 325 g/mol. The summed E-state index contributed by atoms with van der Waals surface area (Å²) in [5.41, 5.74) is 0.720. The smallest absolute Gasteiger partial charge is 0.313 e. The maximum Gasteiger partial charge on any atom is 0.313 e. The quantitative estimate of drug-likeness (QED) is 0.479. The zero-order valence-electron chi connectivity index (χ0n) is 11.5. The average Bonchev–Trinajstić information content (AvgIpc) is 2.36. The fourth-order valence-corrected chi connectivity index (χ4v) is 2.93. The number of aryl methyl sites for hydroxylation is 1. The van der Waals surface area contributed by atoms with Gasteiger partial charge >= 0.3 is 15.8 Å². The van der Waals surface area contributed by atoms with Crippen LogP contribution in [0.3, 0.4) is 0 Å². The molecular formula is C14H12FNO5S. The predicted molar refractivity (Wildman–Crippen MR) is 77.5 cm³/mol. The lowest BCUT2D eigenvalue weighted by atomic mass is 10.2. The number of halogens is 1. The van der Waals surface area contributed by atoms with Gasteiger partial charge in [-0.05, 0) is 18.6 Å². The standard InChI is InChI=1S/C14H12FNO5S/c1-10-3-2-4-11(7-10)9-22(19,20)21-14-8-12(15)5-6-13(14)16(17)18/h2-8H,9H2,1H3. The van der Waals surface area contributed by atoms with Crippen molar-refractivity contribution in [3.05, 3.63) is 69.5 Å². The second-order valence-electron chi connectivity index (χ2n) is 4.64. The molecule has 0 bridgehead atoms.